The first kappa shape index (κ1) is 22.4. The number of benzene rings is 3. The van der Waals surface area contributed by atoms with Gasteiger partial charge in [-0.3, -0.25) is 5.32 Å². The fourth-order valence-corrected chi connectivity index (χ4v) is 4.11. The van der Waals surface area contributed by atoms with Crippen molar-refractivity contribution in [2.75, 3.05) is 17.7 Å². The van der Waals surface area contributed by atoms with E-state index in [0.717, 1.165) is 22.3 Å². The molecule has 0 saturated carbocycles. The van der Waals surface area contributed by atoms with Crippen molar-refractivity contribution in [1.82, 2.24) is 0 Å². The van der Waals surface area contributed by atoms with E-state index in [-0.39, 0.29) is 12.5 Å². The number of nitrogen functional groups attached to an aromatic ring is 1. The number of fused-ring (bicyclic) bond motifs is 3. The monoisotopic (exact) mass is 444 g/mol. The van der Waals surface area contributed by atoms with Crippen molar-refractivity contribution in [3.05, 3.63) is 82.9 Å². The molecule has 4 rings (SSSR count). The van der Waals surface area contributed by atoms with Gasteiger partial charge in [0.2, 0.25) is 0 Å². The Balaban J connectivity index is 1.48. The quantitative estimate of drug-likeness (QED) is 0.387. The zero-order chi connectivity index (χ0) is 23.8. The van der Waals surface area contributed by atoms with Gasteiger partial charge in [-0.2, -0.15) is 0 Å². The standard InChI is InChI=1S/C27H28N2O4/c1-16-22(25(30)33-27(2,3)4)13-17(14-24(16)28)29-26(31)32-15-23-20-11-7-5-9-18(20)19-10-6-8-12-21(19)23/h5-14,23H,15,28H2,1-4H3,(H,29,31). The number of esters is 1. The number of carbonyl (C=O) groups is 2. The summed E-state index contributed by atoms with van der Waals surface area (Å²) >= 11 is 0. The van der Waals surface area contributed by atoms with Gasteiger partial charge in [-0.1, -0.05) is 48.5 Å². The normalized spacial score (nSPS) is 12.6. The average molecular weight is 445 g/mol. The van der Waals surface area contributed by atoms with E-state index in [1.165, 1.54) is 0 Å². The van der Waals surface area contributed by atoms with Crippen molar-refractivity contribution in [1.29, 1.82) is 0 Å². The zero-order valence-electron chi connectivity index (χ0n) is 19.3. The molecular formula is C27H28N2O4. The van der Waals surface area contributed by atoms with Gasteiger partial charge in [-0.15, -0.1) is 0 Å². The molecule has 0 spiro atoms. The van der Waals surface area contributed by atoms with Crippen molar-refractivity contribution in [2.45, 2.75) is 39.2 Å². The van der Waals surface area contributed by atoms with Gasteiger partial charge < -0.3 is 15.2 Å². The first-order chi connectivity index (χ1) is 15.6. The number of amides is 1. The second-order valence-electron chi connectivity index (χ2n) is 9.19. The Kier molecular flexibility index (Phi) is 5.85. The minimum absolute atomic E-state index is 0.0384. The van der Waals surface area contributed by atoms with E-state index in [0.29, 0.717) is 22.5 Å². The smallest absolute Gasteiger partial charge is 0.411 e. The van der Waals surface area contributed by atoms with Crippen LogP contribution in [-0.4, -0.2) is 24.3 Å². The second kappa shape index (κ2) is 8.62. The van der Waals surface area contributed by atoms with Crippen LogP contribution in [0.25, 0.3) is 11.1 Å². The zero-order valence-corrected chi connectivity index (χ0v) is 19.3. The molecule has 6 heteroatoms. The van der Waals surface area contributed by atoms with Crippen LogP contribution in [0.5, 0.6) is 0 Å². The molecule has 6 nitrogen and oxygen atoms in total. The molecule has 0 saturated heterocycles. The fraction of sp³-hybridized carbons (Fsp3) is 0.259. The topological polar surface area (TPSA) is 90.6 Å². The van der Waals surface area contributed by atoms with Gasteiger partial charge in [0, 0.05) is 17.3 Å². The van der Waals surface area contributed by atoms with Crippen LogP contribution in [0, 0.1) is 6.92 Å². The van der Waals surface area contributed by atoms with Gasteiger partial charge >= 0.3 is 12.1 Å². The summed E-state index contributed by atoms with van der Waals surface area (Å²) in [5, 5.41) is 2.69. The highest BCUT2D eigenvalue weighted by atomic mass is 16.6. The van der Waals surface area contributed by atoms with Crippen molar-refractivity contribution >= 4 is 23.4 Å². The van der Waals surface area contributed by atoms with Crippen molar-refractivity contribution in [3.63, 3.8) is 0 Å². The number of nitrogens with two attached hydrogens (primary N) is 1. The highest BCUT2D eigenvalue weighted by Gasteiger charge is 2.29. The van der Waals surface area contributed by atoms with Crippen LogP contribution in [0.15, 0.2) is 60.7 Å². The summed E-state index contributed by atoms with van der Waals surface area (Å²) in [6, 6.07) is 19.5. The molecule has 3 aromatic carbocycles. The van der Waals surface area contributed by atoms with Crippen LogP contribution in [0.2, 0.25) is 0 Å². The molecule has 1 amide bonds. The maximum absolute atomic E-state index is 12.6. The van der Waals surface area contributed by atoms with Gasteiger partial charge in [0.1, 0.15) is 12.2 Å². The molecule has 3 aromatic rings. The SMILES string of the molecule is Cc1c(N)cc(NC(=O)OCC2c3ccccc3-c3ccccc32)cc1C(=O)OC(C)(C)C. The van der Waals surface area contributed by atoms with Gasteiger partial charge in [-0.05, 0) is 67.6 Å². The third-order valence-electron chi connectivity index (χ3n) is 5.66. The van der Waals surface area contributed by atoms with E-state index in [4.69, 9.17) is 15.2 Å². The molecule has 1 aliphatic carbocycles. The summed E-state index contributed by atoms with van der Waals surface area (Å²) < 4.78 is 11.1. The van der Waals surface area contributed by atoms with E-state index >= 15 is 0 Å². The number of ether oxygens (including phenoxy) is 2. The average Bonchev–Trinajstić information content (AvgIpc) is 3.07. The number of hydrogen-bond donors (Lipinski definition) is 2. The predicted molar refractivity (Wildman–Crippen MR) is 129 cm³/mol. The number of nitrogens with one attached hydrogen (secondary N) is 1. The highest BCUT2D eigenvalue weighted by Crippen LogP contribution is 2.44. The second-order valence-corrected chi connectivity index (χ2v) is 9.19. The molecule has 0 bridgehead atoms. The largest absolute Gasteiger partial charge is 0.456 e. The van der Waals surface area contributed by atoms with Crippen LogP contribution in [0.1, 0.15) is 53.7 Å². The number of carbonyl (C=O) groups excluding carboxylic acids is 2. The molecule has 0 unspecified atom stereocenters. The maximum Gasteiger partial charge on any atom is 0.411 e. The van der Waals surface area contributed by atoms with Crippen LogP contribution in [-0.2, 0) is 9.47 Å². The number of rotatable bonds is 4. The molecule has 170 valence electrons. The lowest BCUT2D eigenvalue weighted by molar-refractivity contribution is 0.00687. The fourth-order valence-electron chi connectivity index (χ4n) is 4.11. The van der Waals surface area contributed by atoms with Gasteiger partial charge in [0.05, 0.1) is 5.56 Å². The first-order valence-electron chi connectivity index (χ1n) is 10.9. The van der Waals surface area contributed by atoms with Crippen LogP contribution in [0.3, 0.4) is 0 Å². The number of anilines is 2. The third-order valence-corrected chi connectivity index (χ3v) is 5.66. The lowest BCUT2D eigenvalue weighted by Gasteiger charge is -2.21. The predicted octanol–water partition coefficient (Wildman–Crippen LogP) is 5.89. The van der Waals surface area contributed by atoms with Gasteiger partial charge in [0.15, 0.2) is 0 Å². The van der Waals surface area contributed by atoms with E-state index in [1.807, 2.05) is 24.3 Å². The molecule has 33 heavy (non-hydrogen) atoms. The summed E-state index contributed by atoms with van der Waals surface area (Å²) in [4.78, 5) is 25.2. The summed E-state index contributed by atoms with van der Waals surface area (Å²) in [6.07, 6.45) is -0.616. The molecule has 1 aliphatic rings. The summed E-state index contributed by atoms with van der Waals surface area (Å²) in [5.41, 5.74) is 11.7. The van der Waals surface area contributed by atoms with Crippen molar-refractivity contribution in [3.8, 4) is 11.1 Å². The van der Waals surface area contributed by atoms with E-state index in [1.54, 1.807) is 39.8 Å². The number of hydrogen-bond acceptors (Lipinski definition) is 5. The Morgan fingerprint density at radius 2 is 1.55 bits per heavy atom. The molecule has 0 aromatic heterocycles. The van der Waals surface area contributed by atoms with Crippen LogP contribution in [0.4, 0.5) is 16.2 Å². The van der Waals surface area contributed by atoms with Gasteiger partial charge in [0.25, 0.3) is 0 Å². The van der Waals surface area contributed by atoms with Crippen LogP contribution >= 0.6 is 0 Å². The Morgan fingerprint density at radius 3 is 2.12 bits per heavy atom. The van der Waals surface area contributed by atoms with E-state index in [2.05, 4.69) is 29.6 Å². The molecule has 0 aliphatic heterocycles. The Hall–Kier alpha value is -3.80. The lowest BCUT2D eigenvalue weighted by atomic mass is 9.98. The Bertz CT molecular complexity index is 1180. The molecule has 0 fully saturated rings. The van der Waals surface area contributed by atoms with E-state index in [9.17, 15) is 9.59 Å². The Labute approximate surface area is 193 Å². The van der Waals surface area contributed by atoms with E-state index < -0.39 is 17.7 Å². The van der Waals surface area contributed by atoms with Crippen molar-refractivity contribution in [2.24, 2.45) is 0 Å². The maximum atomic E-state index is 12.6. The molecule has 0 atom stereocenters. The summed E-state index contributed by atoms with van der Waals surface area (Å²) in [5.74, 6) is -0.536. The van der Waals surface area contributed by atoms with Gasteiger partial charge in [-0.25, -0.2) is 9.59 Å². The summed E-state index contributed by atoms with van der Waals surface area (Å²) in [6.45, 7) is 7.32. The van der Waals surface area contributed by atoms with Crippen LogP contribution < -0.4 is 11.1 Å². The first-order valence-corrected chi connectivity index (χ1v) is 10.9. The molecule has 0 heterocycles. The lowest BCUT2D eigenvalue weighted by Crippen LogP contribution is -2.25. The minimum Gasteiger partial charge on any atom is -0.456 e. The molecule has 3 N–H and O–H groups in total. The third kappa shape index (κ3) is 4.70. The van der Waals surface area contributed by atoms with Crippen molar-refractivity contribution < 1.29 is 19.1 Å². The highest BCUT2D eigenvalue weighted by molar-refractivity contribution is 5.96. The summed E-state index contributed by atoms with van der Waals surface area (Å²) in [7, 11) is 0. The minimum atomic E-state index is -0.644. The molecule has 0 radical (unpaired) electrons. The Morgan fingerprint density at radius 1 is 0.970 bits per heavy atom. The molecular weight excluding hydrogens is 416 g/mol.